The second-order valence-corrected chi connectivity index (χ2v) is 5.11. The number of rotatable bonds is 8. The molecule has 0 spiro atoms. The van der Waals surface area contributed by atoms with E-state index in [1.165, 1.54) is 24.8 Å². The molecule has 0 radical (unpaired) electrons. The maximum atomic E-state index is 3.50. The van der Waals surface area contributed by atoms with Crippen molar-refractivity contribution in [3.63, 3.8) is 0 Å². The zero-order valence-corrected chi connectivity index (χ0v) is 11.6. The third kappa shape index (κ3) is 5.88. The minimum Gasteiger partial charge on any atom is -0.317 e. The Morgan fingerprint density at radius 1 is 1.12 bits per heavy atom. The maximum Gasteiger partial charge on any atom is -0.00174 e. The zero-order chi connectivity index (χ0) is 12.5. The van der Waals surface area contributed by atoms with E-state index in [1.54, 1.807) is 0 Å². The number of hydrogen-bond acceptors (Lipinski definition) is 1. The molecule has 96 valence electrons. The highest BCUT2D eigenvalue weighted by molar-refractivity contribution is 5.15. The van der Waals surface area contributed by atoms with Crippen LogP contribution in [0.5, 0.6) is 0 Å². The number of nitrogens with one attached hydrogen (secondary N) is 1. The molecule has 1 aromatic rings. The third-order valence-electron chi connectivity index (χ3n) is 3.48. The summed E-state index contributed by atoms with van der Waals surface area (Å²) in [6.45, 7) is 9.06. The molecule has 17 heavy (non-hydrogen) atoms. The van der Waals surface area contributed by atoms with E-state index in [4.69, 9.17) is 0 Å². The van der Waals surface area contributed by atoms with Crippen LogP contribution >= 0.6 is 0 Å². The van der Waals surface area contributed by atoms with Crippen molar-refractivity contribution >= 4 is 0 Å². The van der Waals surface area contributed by atoms with Crippen LogP contribution in [0.4, 0.5) is 0 Å². The summed E-state index contributed by atoms with van der Waals surface area (Å²) in [6, 6.07) is 10.9. The predicted octanol–water partition coefficient (Wildman–Crippen LogP) is 3.89. The summed E-state index contributed by atoms with van der Waals surface area (Å²) in [6.07, 6.45) is 3.83. The second kappa shape index (κ2) is 8.30. The first-order valence-electron chi connectivity index (χ1n) is 7.00. The standard InChI is InChI=1S/C16H27N/c1-4-14(3)11-16(13-17-5-2)12-15-9-7-6-8-10-15/h6-10,14,16-17H,4-5,11-13H2,1-3H3. The van der Waals surface area contributed by atoms with Crippen LogP contribution in [0.15, 0.2) is 30.3 Å². The molecule has 0 fully saturated rings. The summed E-state index contributed by atoms with van der Waals surface area (Å²) in [5.74, 6) is 1.61. The molecule has 0 aliphatic heterocycles. The highest BCUT2D eigenvalue weighted by atomic mass is 14.8. The van der Waals surface area contributed by atoms with Crippen molar-refractivity contribution in [2.75, 3.05) is 13.1 Å². The number of benzene rings is 1. The van der Waals surface area contributed by atoms with E-state index in [1.807, 2.05) is 0 Å². The van der Waals surface area contributed by atoms with Crippen LogP contribution in [0.2, 0.25) is 0 Å². The van der Waals surface area contributed by atoms with Crippen LogP contribution in [0, 0.1) is 11.8 Å². The Morgan fingerprint density at radius 2 is 1.82 bits per heavy atom. The molecule has 0 saturated heterocycles. The maximum absolute atomic E-state index is 3.50. The van der Waals surface area contributed by atoms with Crippen LogP contribution < -0.4 is 5.32 Å². The molecule has 0 amide bonds. The van der Waals surface area contributed by atoms with E-state index < -0.39 is 0 Å². The molecule has 1 nitrogen and oxygen atoms in total. The molecule has 0 bridgehead atoms. The molecule has 2 unspecified atom stereocenters. The van der Waals surface area contributed by atoms with Crippen LogP contribution in [-0.4, -0.2) is 13.1 Å². The summed E-state index contributed by atoms with van der Waals surface area (Å²) in [5.41, 5.74) is 1.47. The Balaban J connectivity index is 2.50. The molecule has 1 heteroatoms. The van der Waals surface area contributed by atoms with Gasteiger partial charge in [-0.15, -0.1) is 0 Å². The zero-order valence-electron chi connectivity index (χ0n) is 11.6. The van der Waals surface area contributed by atoms with Crippen molar-refractivity contribution < 1.29 is 0 Å². The van der Waals surface area contributed by atoms with Gasteiger partial charge < -0.3 is 5.32 Å². The molecule has 0 saturated carbocycles. The van der Waals surface area contributed by atoms with Gasteiger partial charge in [-0.3, -0.25) is 0 Å². The highest BCUT2D eigenvalue weighted by Gasteiger charge is 2.12. The van der Waals surface area contributed by atoms with Gasteiger partial charge in [-0.05, 0) is 43.3 Å². The van der Waals surface area contributed by atoms with Gasteiger partial charge >= 0.3 is 0 Å². The van der Waals surface area contributed by atoms with Crippen molar-refractivity contribution in [2.45, 2.75) is 40.0 Å². The normalized spacial score (nSPS) is 14.5. The van der Waals surface area contributed by atoms with Crippen molar-refractivity contribution in [3.05, 3.63) is 35.9 Å². The van der Waals surface area contributed by atoms with Crippen LogP contribution in [0.1, 0.15) is 39.2 Å². The Bertz CT molecular complexity index is 281. The first kappa shape index (κ1) is 14.2. The van der Waals surface area contributed by atoms with Gasteiger partial charge in [0.15, 0.2) is 0 Å². The van der Waals surface area contributed by atoms with Gasteiger partial charge in [-0.1, -0.05) is 57.5 Å². The van der Waals surface area contributed by atoms with Crippen molar-refractivity contribution in [3.8, 4) is 0 Å². The Labute approximate surface area is 107 Å². The van der Waals surface area contributed by atoms with Gasteiger partial charge in [0.25, 0.3) is 0 Å². The van der Waals surface area contributed by atoms with Crippen molar-refractivity contribution in [1.29, 1.82) is 0 Å². The van der Waals surface area contributed by atoms with E-state index in [0.29, 0.717) is 0 Å². The largest absolute Gasteiger partial charge is 0.317 e. The lowest BCUT2D eigenvalue weighted by molar-refractivity contribution is 0.365. The van der Waals surface area contributed by atoms with Crippen LogP contribution in [0.25, 0.3) is 0 Å². The average molecular weight is 233 g/mol. The summed E-state index contributed by atoms with van der Waals surface area (Å²) in [5, 5.41) is 3.50. The lowest BCUT2D eigenvalue weighted by atomic mass is 9.89. The Kier molecular flexibility index (Phi) is 6.95. The van der Waals surface area contributed by atoms with Gasteiger partial charge in [0, 0.05) is 0 Å². The molecular weight excluding hydrogens is 206 g/mol. The fraction of sp³-hybridized carbons (Fsp3) is 0.625. The first-order chi connectivity index (χ1) is 8.26. The summed E-state index contributed by atoms with van der Waals surface area (Å²) in [4.78, 5) is 0. The second-order valence-electron chi connectivity index (χ2n) is 5.11. The minimum atomic E-state index is 0.771. The summed E-state index contributed by atoms with van der Waals surface area (Å²) in [7, 11) is 0. The monoisotopic (exact) mass is 233 g/mol. The minimum absolute atomic E-state index is 0.771. The molecule has 0 aliphatic rings. The predicted molar refractivity (Wildman–Crippen MR) is 76.3 cm³/mol. The van der Waals surface area contributed by atoms with E-state index in [9.17, 15) is 0 Å². The molecule has 0 aliphatic carbocycles. The highest BCUT2D eigenvalue weighted by Crippen LogP contribution is 2.19. The van der Waals surface area contributed by atoms with Crippen LogP contribution in [0.3, 0.4) is 0 Å². The smallest absolute Gasteiger partial charge is 0.00174 e. The van der Waals surface area contributed by atoms with E-state index in [-0.39, 0.29) is 0 Å². The van der Waals surface area contributed by atoms with Gasteiger partial charge in [0.05, 0.1) is 0 Å². The molecule has 2 atom stereocenters. The van der Waals surface area contributed by atoms with Crippen molar-refractivity contribution in [2.24, 2.45) is 11.8 Å². The molecular formula is C16H27N. The molecule has 0 heterocycles. The molecule has 0 aromatic heterocycles. The number of hydrogen-bond donors (Lipinski definition) is 1. The quantitative estimate of drug-likeness (QED) is 0.718. The Hall–Kier alpha value is -0.820. The fourth-order valence-corrected chi connectivity index (χ4v) is 2.27. The molecule has 1 N–H and O–H groups in total. The van der Waals surface area contributed by atoms with Gasteiger partial charge in [-0.2, -0.15) is 0 Å². The average Bonchev–Trinajstić information content (AvgIpc) is 2.37. The summed E-state index contributed by atoms with van der Waals surface area (Å²) < 4.78 is 0. The van der Waals surface area contributed by atoms with E-state index in [2.05, 4.69) is 56.4 Å². The van der Waals surface area contributed by atoms with Gasteiger partial charge in [0.1, 0.15) is 0 Å². The van der Waals surface area contributed by atoms with E-state index >= 15 is 0 Å². The molecule has 1 rings (SSSR count). The lowest BCUT2D eigenvalue weighted by Crippen LogP contribution is -2.25. The van der Waals surface area contributed by atoms with Gasteiger partial charge in [-0.25, -0.2) is 0 Å². The fourth-order valence-electron chi connectivity index (χ4n) is 2.27. The van der Waals surface area contributed by atoms with Crippen molar-refractivity contribution in [1.82, 2.24) is 5.32 Å². The Morgan fingerprint density at radius 3 is 2.41 bits per heavy atom. The lowest BCUT2D eigenvalue weighted by Gasteiger charge is -2.20. The van der Waals surface area contributed by atoms with Gasteiger partial charge in [0.2, 0.25) is 0 Å². The van der Waals surface area contributed by atoms with Crippen LogP contribution in [-0.2, 0) is 6.42 Å². The SMILES string of the molecule is CCNCC(Cc1ccccc1)CC(C)CC. The first-order valence-corrected chi connectivity index (χ1v) is 7.00. The van der Waals surface area contributed by atoms with E-state index in [0.717, 1.165) is 24.9 Å². The molecule has 1 aromatic carbocycles. The third-order valence-corrected chi connectivity index (χ3v) is 3.48. The topological polar surface area (TPSA) is 12.0 Å². The summed E-state index contributed by atoms with van der Waals surface area (Å²) >= 11 is 0.